The van der Waals surface area contributed by atoms with E-state index in [4.69, 9.17) is 4.74 Å². The van der Waals surface area contributed by atoms with Crippen LogP contribution in [-0.4, -0.2) is 12.6 Å². The van der Waals surface area contributed by atoms with Crippen LogP contribution in [0, 0.1) is 12.8 Å². The van der Waals surface area contributed by atoms with Gasteiger partial charge in [0.1, 0.15) is 4.88 Å². The van der Waals surface area contributed by atoms with Gasteiger partial charge < -0.3 is 4.74 Å². The predicted octanol–water partition coefficient (Wildman–Crippen LogP) is 9.62. The van der Waals surface area contributed by atoms with Crippen LogP contribution < -0.4 is 0 Å². The molecule has 0 aromatic carbocycles. The van der Waals surface area contributed by atoms with Gasteiger partial charge in [0.25, 0.3) is 0 Å². The Kier molecular flexibility index (Phi) is 10.0. The lowest BCUT2D eigenvalue weighted by Crippen LogP contribution is -2.10. The van der Waals surface area contributed by atoms with Crippen molar-refractivity contribution in [1.82, 2.24) is 0 Å². The van der Waals surface area contributed by atoms with Gasteiger partial charge in [-0.3, -0.25) is 0 Å². The summed E-state index contributed by atoms with van der Waals surface area (Å²) in [6.45, 7) is 9.23. The summed E-state index contributed by atoms with van der Waals surface area (Å²) in [5.74, 6) is 0.199. The summed E-state index contributed by atoms with van der Waals surface area (Å²) in [5, 5.41) is 0. The Morgan fingerprint density at radius 2 is 1.53 bits per heavy atom. The second-order valence-electron chi connectivity index (χ2n) is 8.67. The molecule has 0 amide bonds. The molecule has 1 atom stereocenters. The van der Waals surface area contributed by atoms with Crippen molar-refractivity contribution < 1.29 is 9.53 Å². The van der Waals surface area contributed by atoms with E-state index in [0.29, 0.717) is 17.4 Å². The highest BCUT2D eigenvalue weighted by Crippen LogP contribution is 2.41. The summed E-state index contributed by atoms with van der Waals surface area (Å²) >= 11 is 5.29. The summed E-state index contributed by atoms with van der Waals surface area (Å²) < 4.78 is 5.46. The van der Waals surface area contributed by atoms with Gasteiger partial charge in [-0.25, -0.2) is 4.79 Å². The third-order valence-corrected chi connectivity index (χ3v) is 9.71. The first kappa shape index (κ1) is 25.2. The molecule has 0 aliphatic rings. The maximum atomic E-state index is 12.3. The number of aryl methyl sites for hydroxylation is 2. The van der Waals surface area contributed by atoms with E-state index in [9.17, 15) is 4.79 Å². The topological polar surface area (TPSA) is 26.3 Å². The number of carbonyl (C=O) groups excluding carboxylic acids is 1. The first-order valence-corrected chi connectivity index (χ1v) is 14.4. The lowest BCUT2D eigenvalue weighted by Gasteiger charge is -2.08. The third kappa shape index (κ3) is 7.03. The van der Waals surface area contributed by atoms with Gasteiger partial charge in [-0.1, -0.05) is 59.3 Å². The zero-order valence-corrected chi connectivity index (χ0v) is 22.3. The zero-order valence-electron chi connectivity index (χ0n) is 19.9. The molecular weight excluding hydrogens is 452 g/mol. The summed E-state index contributed by atoms with van der Waals surface area (Å²) in [5.41, 5.74) is 1.43. The normalized spacial score (nSPS) is 12.2. The number of carbonyl (C=O) groups is 1. The van der Waals surface area contributed by atoms with Crippen molar-refractivity contribution in [1.29, 1.82) is 0 Å². The van der Waals surface area contributed by atoms with E-state index >= 15 is 0 Å². The number of thiophene rings is 3. The van der Waals surface area contributed by atoms with E-state index in [-0.39, 0.29) is 5.97 Å². The van der Waals surface area contributed by atoms with Crippen LogP contribution in [0.3, 0.4) is 0 Å². The Hall–Kier alpha value is -1.43. The summed E-state index contributed by atoms with van der Waals surface area (Å²) in [6, 6.07) is 10.7. The van der Waals surface area contributed by atoms with Gasteiger partial charge in [0.05, 0.1) is 6.61 Å². The van der Waals surface area contributed by atoms with Gasteiger partial charge in [-0.15, -0.1) is 34.0 Å². The van der Waals surface area contributed by atoms with E-state index in [1.165, 1.54) is 81.4 Å². The standard InChI is InChI=1S/C27H36O2S3/c1-5-7-8-9-10-11-12-21-20(4)17-26(30-21)24-14-13-22(31-24)23-15-16-25(32-23)27(28)29-18-19(3)6-2/h13-17,19H,5-12,18H2,1-4H3/t19-/m0/s1. The number of esters is 1. The van der Waals surface area contributed by atoms with Crippen LogP contribution in [0.15, 0.2) is 30.3 Å². The maximum Gasteiger partial charge on any atom is 0.348 e. The van der Waals surface area contributed by atoms with Crippen molar-refractivity contribution in [2.45, 2.75) is 79.1 Å². The van der Waals surface area contributed by atoms with E-state index in [1.54, 1.807) is 0 Å². The van der Waals surface area contributed by atoms with Gasteiger partial charge in [0.15, 0.2) is 0 Å². The molecule has 3 heterocycles. The van der Waals surface area contributed by atoms with E-state index in [1.807, 2.05) is 34.8 Å². The van der Waals surface area contributed by atoms with Crippen LogP contribution in [0.2, 0.25) is 0 Å². The average molecular weight is 489 g/mol. The first-order chi connectivity index (χ1) is 15.5. The van der Waals surface area contributed by atoms with Gasteiger partial charge in [0, 0.05) is 24.4 Å². The van der Waals surface area contributed by atoms with Crippen LogP contribution in [0.5, 0.6) is 0 Å². The van der Waals surface area contributed by atoms with E-state index in [2.05, 4.69) is 45.9 Å². The molecule has 0 saturated heterocycles. The van der Waals surface area contributed by atoms with E-state index < -0.39 is 0 Å². The highest BCUT2D eigenvalue weighted by atomic mass is 32.1. The largest absolute Gasteiger partial charge is 0.461 e. The van der Waals surface area contributed by atoms with Crippen LogP contribution in [0.25, 0.3) is 19.5 Å². The molecule has 0 N–H and O–H groups in total. The number of ether oxygens (including phenoxy) is 1. The van der Waals surface area contributed by atoms with Crippen LogP contribution in [0.4, 0.5) is 0 Å². The second-order valence-corrected chi connectivity index (χ2v) is 12.0. The minimum atomic E-state index is -0.202. The number of hydrogen-bond donors (Lipinski definition) is 0. The molecule has 32 heavy (non-hydrogen) atoms. The van der Waals surface area contributed by atoms with Gasteiger partial charge in [0.2, 0.25) is 0 Å². The number of hydrogen-bond acceptors (Lipinski definition) is 5. The summed E-state index contributed by atoms with van der Waals surface area (Å²) in [7, 11) is 0. The summed E-state index contributed by atoms with van der Waals surface area (Å²) in [6.07, 6.45) is 10.3. The third-order valence-electron chi connectivity index (χ3n) is 5.87. The fourth-order valence-corrected chi connectivity index (χ4v) is 6.84. The van der Waals surface area contributed by atoms with E-state index in [0.717, 1.165) is 11.3 Å². The van der Waals surface area contributed by atoms with Crippen LogP contribution in [-0.2, 0) is 11.2 Å². The van der Waals surface area contributed by atoms with Crippen molar-refractivity contribution >= 4 is 40.0 Å². The molecule has 0 saturated carbocycles. The fourth-order valence-electron chi connectivity index (χ4n) is 3.55. The molecule has 3 rings (SSSR count). The van der Waals surface area contributed by atoms with Gasteiger partial charge in [-0.2, -0.15) is 0 Å². The molecule has 0 fully saturated rings. The minimum Gasteiger partial charge on any atom is -0.461 e. The van der Waals surface area contributed by atoms with Gasteiger partial charge >= 0.3 is 5.97 Å². The Labute approximate surface area is 205 Å². The predicted molar refractivity (Wildman–Crippen MR) is 142 cm³/mol. The Balaban J connectivity index is 1.59. The Morgan fingerprint density at radius 1 is 0.875 bits per heavy atom. The molecule has 3 aromatic rings. The number of unbranched alkanes of at least 4 members (excludes halogenated alkanes) is 5. The molecule has 0 aliphatic heterocycles. The molecule has 2 nitrogen and oxygen atoms in total. The molecule has 0 aliphatic carbocycles. The van der Waals surface area contributed by atoms with Crippen molar-refractivity contribution in [3.8, 4) is 19.5 Å². The van der Waals surface area contributed by atoms with Crippen molar-refractivity contribution in [2.24, 2.45) is 5.92 Å². The first-order valence-electron chi connectivity index (χ1n) is 12.0. The summed E-state index contributed by atoms with van der Waals surface area (Å²) in [4.78, 5) is 19.6. The lowest BCUT2D eigenvalue weighted by atomic mass is 10.1. The maximum absolute atomic E-state index is 12.3. The SMILES string of the molecule is CCCCCCCCc1sc(-c2ccc(-c3ccc(C(=O)OC[C@@H](C)CC)s3)s2)cc1C. The molecule has 3 aromatic heterocycles. The molecule has 5 heteroatoms. The highest BCUT2D eigenvalue weighted by molar-refractivity contribution is 7.26. The molecule has 0 bridgehead atoms. The van der Waals surface area contributed by atoms with Crippen LogP contribution in [0.1, 0.15) is 85.8 Å². The second kappa shape index (κ2) is 12.7. The van der Waals surface area contributed by atoms with Crippen molar-refractivity contribution in [2.75, 3.05) is 6.61 Å². The molecule has 0 unspecified atom stereocenters. The fraction of sp³-hybridized carbons (Fsp3) is 0.519. The van der Waals surface area contributed by atoms with Gasteiger partial charge in [-0.05, 0) is 61.6 Å². The lowest BCUT2D eigenvalue weighted by molar-refractivity contribution is 0.0453. The quantitative estimate of drug-likeness (QED) is 0.177. The molecule has 174 valence electrons. The van der Waals surface area contributed by atoms with Crippen molar-refractivity contribution in [3.05, 3.63) is 45.6 Å². The van der Waals surface area contributed by atoms with Crippen molar-refractivity contribution in [3.63, 3.8) is 0 Å². The molecule has 0 spiro atoms. The molecular formula is C27H36O2S3. The minimum absolute atomic E-state index is 0.202. The number of rotatable bonds is 13. The zero-order chi connectivity index (χ0) is 22.9. The highest BCUT2D eigenvalue weighted by Gasteiger charge is 2.15. The Morgan fingerprint density at radius 3 is 2.28 bits per heavy atom. The molecule has 0 radical (unpaired) electrons. The average Bonchev–Trinajstić information content (AvgIpc) is 3.53. The monoisotopic (exact) mass is 488 g/mol. The van der Waals surface area contributed by atoms with Crippen LogP contribution >= 0.6 is 34.0 Å². The smallest absolute Gasteiger partial charge is 0.348 e. The Bertz CT molecular complexity index is 979.